The van der Waals surface area contributed by atoms with Crippen LogP contribution in [0.1, 0.15) is 30.3 Å². The molecule has 0 aliphatic rings. The van der Waals surface area contributed by atoms with Gasteiger partial charge in [-0.05, 0) is 24.1 Å². The lowest BCUT2D eigenvalue weighted by Crippen LogP contribution is -1.92. The Kier molecular flexibility index (Phi) is 4.75. The molecule has 0 spiro atoms. The van der Waals surface area contributed by atoms with Crippen molar-refractivity contribution in [2.45, 2.75) is 19.8 Å². The van der Waals surface area contributed by atoms with Crippen LogP contribution in [0.15, 0.2) is 30.3 Å². The minimum absolute atomic E-state index is 0.221. The molecule has 0 fully saturated rings. The summed E-state index contributed by atoms with van der Waals surface area (Å²) in [5, 5.41) is 9.62. The lowest BCUT2D eigenvalue weighted by molar-refractivity contribution is -0.131. The van der Waals surface area contributed by atoms with Gasteiger partial charge < -0.3 is 9.84 Å². The van der Waals surface area contributed by atoms with Gasteiger partial charge >= 0.3 is 5.97 Å². The summed E-state index contributed by atoms with van der Waals surface area (Å²) in [4.78, 5) is 16.2. The van der Waals surface area contributed by atoms with Crippen molar-refractivity contribution in [1.29, 1.82) is 0 Å². The van der Waals surface area contributed by atoms with Gasteiger partial charge in [0.1, 0.15) is 10.8 Å². The fourth-order valence-corrected chi connectivity index (χ4v) is 3.11. The molecular formula is C16H17NO3S. The van der Waals surface area contributed by atoms with Crippen LogP contribution in [0, 0.1) is 0 Å². The van der Waals surface area contributed by atoms with E-state index in [0.717, 1.165) is 33.0 Å². The van der Waals surface area contributed by atoms with E-state index in [0.29, 0.717) is 0 Å². The molecule has 1 aromatic carbocycles. The van der Waals surface area contributed by atoms with E-state index in [1.54, 1.807) is 13.2 Å². The molecule has 0 saturated carbocycles. The number of rotatable bonds is 5. The highest BCUT2D eigenvalue weighted by molar-refractivity contribution is 7.16. The molecule has 0 unspecified atom stereocenters. The van der Waals surface area contributed by atoms with Gasteiger partial charge in [-0.2, -0.15) is 0 Å². The number of thiazole rings is 1. The Bertz CT molecular complexity index is 674. The molecule has 0 saturated heterocycles. The van der Waals surface area contributed by atoms with Crippen molar-refractivity contribution in [2.75, 3.05) is 7.11 Å². The smallest absolute Gasteiger partial charge is 0.328 e. The number of methoxy groups -OCH3 is 1. The third kappa shape index (κ3) is 3.49. The highest BCUT2D eigenvalue weighted by atomic mass is 32.1. The van der Waals surface area contributed by atoms with Gasteiger partial charge in [-0.3, -0.25) is 0 Å². The molecule has 0 bridgehead atoms. The largest absolute Gasteiger partial charge is 0.496 e. The second kappa shape index (κ2) is 6.54. The molecule has 2 rings (SSSR count). The van der Waals surface area contributed by atoms with E-state index in [-0.39, 0.29) is 5.92 Å². The van der Waals surface area contributed by atoms with Crippen LogP contribution in [-0.2, 0) is 4.79 Å². The summed E-state index contributed by atoms with van der Waals surface area (Å²) in [6, 6.07) is 7.68. The van der Waals surface area contributed by atoms with E-state index in [1.807, 2.05) is 38.1 Å². The number of carboxylic acid groups (broad SMARTS) is 1. The van der Waals surface area contributed by atoms with Gasteiger partial charge in [-0.1, -0.05) is 26.0 Å². The first kappa shape index (κ1) is 15.3. The fraction of sp³-hybridized carbons (Fsp3) is 0.250. The molecule has 4 nitrogen and oxygen atoms in total. The third-order valence-electron chi connectivity index (χ3n) is 2.94. The SMILES string of the molecule is COc1ccccc1-c1nc(C(C)C)c(/C=C/C(=O)O)s1. The van der Waals surface area contributed by atoms with E-state index in [1.165, 1.54) is 11.3 Å². The first-order valence-corrected chi connectivity index (χ1v) is 7.39. The van der Waals surface area contributed by atoms with Crippen LogP contribution in [0.4, 0.5) is 0 Å². The highest BCUT2D eigenvalue weighted by Crippen LogP contribution is 2.36. The standard InChI is InChI=1S/C16H17NO3S/c1-10(2)15-13(8-9-14(18)19)21-16(17-15)11-6-4-5-7-12(11)20-3/h4-10H,1-3H3,(H,18,19)/b9-8+. The summed E-state index contributed by atoms with van der Waals surface area (Å²) < 4.78 is 5.36. The van der Waals surface area contributed by atoms with Crippen molar-refractivity contribution < 1.29 is 14.6 Å². The molecule has 1 aromatic heterocycles. The van der Waals surface area contributed by atoms with Crippen LogP contribution >= 0.6 is 11.3 Å². The number of ether oxygens (including phenoxy) is 1. The lowest BCUT2D eigenvalue weighted by Gasteiger charge is -2.04. The maximum Gasteiger partial charge on any atom is 0.328 e. The number of hydrogen-bond acceptors (Lipinski definition) is 4. The van der Waals surface area contributed by atoms with Gasteiger partial charge in [0.2, 0.25) is 0 Å². The number of nitrogens with zero attached hydrogens (tertiary/aromatic N) is 1. The normalized spacial score (nSPS) is 11.2. The quantitative estimate of drug-likeness (QED) is 0.847. The lowest BCUT2D eigenvalue weighted by atomic mass is 10.1. The monoisotopic (exact) mass is 303 g/mol. The number of carboxylic acids is 1. The van der Waals surface area contributed by atoms with Crippen molar-refractivity contribution in [3.63, 3.8) is 0 Å². The van der Waals surface area contributed by atoms with Gasteiger partial charge in [0.15, 0.2) is 0 Å². The summed E-state index contributed by atoms with van der Waals surface area (Å²) in [6.07, 6.45) is 2.75. The summed E-state index contributed by atoms with van der Waals surface area (Å²) in [5.41, 5.74) is 1.82. The predicted octanol–water partition coefficient (Wildman–Crippen LogP) is 4.04. The van der Waals surface area contributed by atoms with E-state index >= 15 is 0 Å². The number of carbonyl (C=O) groups is 1. The summed E-state index contributed by atoms with van der Waals surface area (Å²) in [5.74, 6) is 0.0189. The zero-order valence-electron chi connectivity index (χ0n) is 12.2. The maximum absolute atomic E-state index is 10.7. The van der Waals surface area contributed by atoms with Gasteiger partial charge in [-0.25, -0.2) is 9.78 Å². The van der Waals surface area contributed by atoms with Gasteiger partial charge in [0, 0.05) is 6.08 Å². The number of hydrogen-bond donors (Lipinski definition) is 1. The summed E-state index contributed by atoms with van der Waals surface area (Å²) in [7, 11) is 1.63. The molecule has 1 N–H and O–H groups in total. The Balaban J connectivity index is 2.51. The average molecular weight is 303 g/mol. The predicted molar refractivity (Wildman–Crippen MR) is 84.9 cm³/mol. The minimum atomic E-state index is -0.961. The number of aromatic nitrogens is 1. The molecule has 0 aliphatic carbocycles. The maximum atomic E-state index is 10.7. The molecular weight excluding hydrogens is 286 g/mol. The van der Waals surface area contributed by atoms with Crippen LogP contribution in [0.2, 0.25) is 0 Å². The minimum Gasteiger partial charge on any atom is -0.496 e. The Morgan fingerprint density at radius 3 is 2.71 bits per heavy atom. The number of benzene rings is 1. The Morgan fingerprint density at radius 1 is 1.38 bits per heavy atom. The second-order valence-corrected chi connectivity index (χ2v) is 5.83. The van der Waals surface area contributed by atoms with E-state index in [2.05, 4.69) is 4.98 Å². The molecule has 0 atom stereocenters. The van der Waals surface area contributed by atoms with Crippen molar-refractivity contribution in [3.8, 4) is 16.3 Å². The molecule has 0 aliphatic heterocycles. The second-order valence-electron chi connectivity index (χ2n) is 4.80. The molecule has 21 heavy (non-hydrogen) atoms. The summed E-state index contributed by atoms with van der Waals surface area (Å²) in [6.45, 7) is 4.08. The fourth-order valence-electron chi connectivity index (χ4n) is 1.96. The molecule has 0 amide bonds. The Morgan fingerprint density at radius 2 is 2.10 bits per heavy atom. The summed E-state index contributed by atoms with van der Waals surface area (Å²) >= 11 is 1.47. The van der Waals surface area contributed by atoms with Crippen molar-refractivity contribution in [3.05, 3.63) is 40.9 Å². The van der Waals surface area contributed by atoms with Crippen LogP contribution in [0.25, 0.3) is 16.6 Å². The van der Waals surface area contributed by atoms with E-state index in [4.69, 9.17) is 9.84 Å². The van der Waals surface area contributed by atoms with Crippen molar-refractivity contribution in [1.82, 2.24) is 4.98 Å². The topological polar surface area (TPSA) is 59.4 Å². The van der Waals surface area contributed by atoms with E-state index < -0.39 is 5.97 Å². The molecule has 2 aromatic rings. The van der Waals surface area contributed by atoms with E-state index in [9.17, 15) is 4.79 Å². The first-order valence-electron chi connectivity index (χ1n) is 6.58. The Labute approximate surface area is 127 Å². The van der Waals surface area contributed by atoms with Crippen LogP contribution in [0.5, 0.6) is 5.75 Å². The Hall–Kier alpha value is -2.14. The van der Waals surface area contributed by atoms with Gasteiger partial charge in [0.05, 0.1) is 23.2 Å². The molecule has 1 heterocycles. The molecule has 110 valence electrons. The van der Waals surface area contributed by atoms with Crippen molar-refractivity contribution in [2.24, 2.45) is 0 Å². The molecule has 5 heteroatoms. The average Bonchev–Trinajstić information content (AvgIpc) is 2.89. The van der Waals surface area contributed by atoms with Gasteiger partial charge in [0.25, 0.3) is 0 Å². The molecule has 0 radical (unpaired) electrons. The van der Waals surface area contributed by atoms with Gasteiger partial charge in [-0.15, -0.1) is 11.3 Å². The van der Waals surface area contributed by atoms with Crippen LogP contribution < -0.4 is 4.74 Å². The van der Waals surface area contributed by atoms with Crippen molar-refractivity contribution >= 4 is 23.4 Å². The number of aliphatic carboxylic acids is 1. The highest BCUT2D eigenvalue weighted by Gasteiger charge is 2.16. The third-order valence-corrected chi connectivity index (χ3v) is 4.01. The first-order chi connectivity index (χ1) is 10.0. The number of para-hydroxylation sites is 1. The van der Waals surface area contributed by atoms with Crippen LogP contribution in [0.3, 0.4) is 0 Å². The van der Waals surface area contributed by atoms with Crippen LogP contribution in [-0.4, -0.2) is 23.2 Å². The zero-order valence-corrected chi connectivity index (χ0v) is 13.0. The zero-order chi connectivity index (χ0) is 15.4.